The maximum atomic E-state index is 11.3. The van der Waals surface area contributed by atoms with Crippen LogP contribution >= 0.6 is 0 Å². The van der Waals surface area contributed by atoms with Crippen LogP contribution in [0, 0.1) is 0 Å². The van der Waals surface area contributed by atoms with Crippen molar-refractivity contribution in [2.75, 3.05) is 13.1 Å². The van der Waals surface area contributed by atoms with Crippen molar-refractivity contribution >= 4 is 11.9 Å². The van der Waals surface area contributed by atoms with Crippen molar-refractivity contribution < 1.29 is 9.59 Å². The molecule has 0 aromatic heterocycles. The lowest BCUT2D eigenvalue weighted by Crippen LogP contribution is -2.42. The van der Waals surface area contributed by atoms with Gasteiger partial charge in [-0.1, -0.05) is 13.3 Å². The molecule has 5 heteroatoms. The van der Waals surface area contributed by atoms with Crippen molar-refractivity contribution in [1.82, 2.24) is 10.2 Å². The molecule has 1 atom stereocenters. The van der Waals surface area contributed by atoms with Gasteiger partial charge in [0.15, 0.2) is 0 Å². The number of hydrogen-bond donors (Lipinski definition) is 2. The largest absolute Gasteiger partial charge is 0.351 e. The van der Waals surface area contributed by atoms with Crippen LogP contribution in [0.1, 0.15) is 39.0 Å². The average molecular weight is 227 g/mol. The van der Waals surface area contributed by atoms with Crippen LogP contribution in [0.15, 0.2) is 0 Å². The van der Waals surface area contributed by atoms with Crippen LogP contribution < -0.4 is 11.1 Å². The zero-order valence-electron chi connectivity index (χ0n) is 9.87. The predicted molar refractivity (Wildman–Crippen MR) is 61.8 cm³/mol. The molecule has 1 fully saturated rings. The first-order valence-electron chi connectivity index (χ1n) is 5.96. The first-order chi connectivity index (χ1) is 7.63. The molecule has 1 aliphatic heterocycles. The van der Waals surface area contributed by atoms with E-state index in [2.05, 4.69) is 17.1 Å². The summed E-state index contributed by atoms with van der Waals surface area (Å²) < 4.78 is 0. The third kappa shape index (κ3) is 4.18. The lowest BCUT2D eigenvalue weighted by molar-refractivity contribution is -0.120. The highest BCUT2D eigenvalue weighted by Crippen LogP contribution is 2.19. The SMILES string of the molecule is CC[C@H]1CCCCN1CCC(=O)NC(N)=O. The van der Waals surface area contributed by atoms with Crippen LogP contribution in [0.5, 0.6) is 0 Å². The van der Waals surface area contributed by atoms with Crippen LogP contribution in [0.2, 0.25) is 0 Å². The smallest absolute Gasteiger partial charge is 0.318 e. The van der Waals surface area contributed by atoms with Gasteiger partial charge in [0.25, 0.3) is 0 Å². The van der Waals surface area contributed by atoms with Crippen molar-refractivity contribution in [3.63, 3.8) is 0 Å². The van der Waals surface area contributed by atoms with E-state index in [1.165, 1.54) is 19.3 Å². The molecule has 0 unspecified atom stereocenters. The van der Waals surface area contributed by atoms with Gasteiger partial charge in [-0.25, -0.2) is 4.79 Å². The summed E-state index contributed by atoms with van der Waals surface area (Å²) in [4.78, 5) is 24.0. The van der Waals surface area contributed by atoms with Crippen molar-refractivity contribution in [3.05, 3.63) is 0 Å². The Kier molecular flexibility index (Phi) is 5.25. The van der Waals surface area contributed by atoms with Crippen LogP contribution in [0.25, 0.3) is 0 Å². The highest BCUT2D eigenvalue weighted by molar-refractivity contribution is 5.93. The average Bonchev–Trinajstić information content (AvgIpc) is 2.26. The zero-order valence-corrected chi connectivity index (χ0v) is 9.87. The molecule has 16 heavy (non-hydrogen) atoms. The molecule has 3 N–H and O–H groups in total. The van der Waals surface area contributed by atoms with Gasteiger partial charge in [-0.15, -0.1) is 0 Å². The standard InChI is InChI=1S/C11H21N3O2/c1-2-9-5-3-4-7-14(9)8-6-10(15)13-11(12)16/h9H,2-8H2,1H3,(H3,12,13,15,16)/t9-/m0/s1. The second-order valence-electron chi connectivity index (χ2n) is 4.26. The molecule has 0 aliphatic carbocycles. The fourth-order valence-electron chi connectivity index (χ4n) is 2.26. The monoisotopic (exact) mass is 227 g/mol. The molecule has 1 rings (SSSR count). The normalized spacial score (nSPS) is 21.7. The number of likely N-dealkylation sites (tertiary alicyclic amines) is 1. The lowest BCUT2D eigenvalue weighted by atomic mass is 10.00. The van der Waals surface area contributed by atoms with Crippen LogP contribution in [0.4, 0.5) is 4.79 Å². The van der Waals surface area contributed by atoms with E-state index >= 15 is 0 Å². The maximum absolute atomic E-state index is 11.3. The fourth-order valence-corrected chi connectivity index (χ4v) is 2.26. The first-order valence-corrected chi connectivity index (χ1v) is 5.96. The zero-order chi connectivity index (χ0) is 12.0. The Morgan fingerprint density at radius 2 is 2.19 bits per heavy atom. The number of imide groups is 1. The topological polar surface area (TPSA) is 75.4 Å². The molecular weight excluding hydrogens is 206 g/mol. The van der Waals surface area contributed by atoms with E-state index in [-0.39, 0.29) is 5.91 Å². The molecule has 3 amide bonds. The number of amides is 3. The Morgan fingerprint density at radius 1 is 1.44 bits per heavy atom. The van der Waals surface area contributed by atoms with Gasteiger partial charge in [0.05, 0.1) is 0 Å². The van der Waals surface area contributed by atoms with E-state index in [1.807, 2.05) is 0 Å². The lowest BCUT2D eigenvalue weighted by Gasteiger charge is -2.34. The number of piperidine rings is 1. The Balaban J connectivity index is 2.29. The van der Waals surface area contributed by atoms with Gasteiger partial charge in [-0.05, 0) is 25.8 Å². The quantitative estimate of drug-likeness (QED) is 0.747. The van der Waals surface area contributed by atoms with E-state index in [0.29, 0.717) is 12.5 Å². The van der Waals surface area contributed by atoms with Gasteiger partial charge in [-0.3, -0.25) is 15.0 Å². The van der Waals surface area contributed by atoms with Crippen molar-refractivity contribution in [1.29, 1.82) is 0 Å². The summed E-state index contributed by atoms with van der Waals surface area (Å²) in [5.74, 6) is -0.284. The molecule has 5 nitrogen and oxygen atoms in total. The third-order valence-corrected chi connectivity index (χ3v) is 3.11. The van der Waals surface area contributed by atoms with Gasteiger partial charge >= 0.3 is 6.03 Å². The summed E-state index contributed by atoms with van der Waals surface area (Å²) in [7, 11) is 0. The van der Waals surface area contributed by atoms with E-state index in [9.17, 15) is 9.59 Å². The first kappa shape index (κ1) is 13.0. The second-order valence-corrected chi connectivity index (χ2v) is 4.26. The number of urea groups is 1. The summed E-state index contributed by atoms with van der Waals surface area (Å²) in [6.45, 7) is 3.95. The molecule has 0 aromatic rings. The molecule has 0 saturated carbocycles. The van der Waals surface area contributed by atoms with E-state index in [4.69, 9.17) is 5.73 Å². The van der Waals surface area contributed by atoms with E-state index in [1.54, 1.807) is 0 Å². The fraction of sp³-hybridized carbons (Fsp3) is 0.818. The second kappa shape index (κ2) is 6.48. The molecular formula is C11H21N3O2. The number of nitrogens with two attached hydrogens (primary N) is 1. The molecule has 1 saturated heterocycles. The molecule has 0 bridgehead atoms. The minimum Gasteiger partial charge on any atom is -0.351 e. The highest BCUT2D eigenvalue weighted by atomic mass is 16.2. The number of carbonyl (C=O) groups is 2. The third-order valence-electron chi connectivity index (χ3n) is 3.11. The molecule has 1 aliphatic rings. The van der Waals surface area contributed by atoms with Gasteiger partial charge in [0.1, 0.15) is 0 Å². The number of hydrogen-bond acceptors (Lipinski definition) is 3. The van der Waals surface area contributed by atoms with Crippen LogP contribution in [-0.4, -0.2) is 36.0 Å². The Hall–Kier alpha value is -1.10. The number of carbonyl (C=O) groups excluding carboxylic acids is 2. The number of primary amides is 1. The maximum Gasteiger partial charge on any atom is 0.318 e. The van der Waals surface area contributed by atoms with Gasteiger partial charge in [0.2, 0.25) is 5.91 Å². The van der Waals surface area contributed by atoms with Crippen LogP contribution in [-0.2, 0) is 4.79 Å². The van der Waals surface area contributed by atoms with Crippen molar-refractivity contribution in [3.8, 4) is 0 Å². The number of nitrogens with zero attached hydrogens (tertiary/aromatic N) is 1. The molecule has 1 heterocycles. The molecule has 0 spiro atoms. The summed E-state index contributed by atoms with van der Waals surface area (Å²) in [5, 5.41) is 2.09. The van der Waals surface area contributed by atoms with Crippen molar-refractivity contribution in [2.24, 2.45) is 5.73 Å². The Bertz CT molecular complexity index is 256. The Morgan fingerprint density at radius 3 is 2.81 bits per heavy atom. The van der Waals surface area contributed by atoms with Gasteiger partial charge in [0, 0.05) is 19.0 Å². The summed E-state index contributed by atoms with van der Waals surface area (Å²) >= 11 is 0. The van der Waals surface area contributed by atoms with Gasteiger partial charge < -0.3 is 5.73 Å². The van der Waals surface area contributed by atoms with Gasteiger partial charge in [-0.2, -0.15) is 0 Å². The molecule has 92 valence electrons. The molecule has 0 radical (unpaired) electrons. The predicted octanol–water partition coefficient (Wildman–Crippen LogP) is 0.836. The number of rotatable bonds is 4. The summed E-state index contributed by atoms with van der Waals surface area (Å²) in [5.41, 5.74) is 4.87. The highest BCUT2D eigenvalue weighted by Gasteiger charge is 2.20. The van der Waals surface area contributed by atoms with Crippen molar-refractivity contribution in [2.45, 2.75) is 45.1 Å². The Labute approximate surface area is 96.4 Å². The summed E-state index contributed by atoms with van der Waals surface area (Å²) in [6, 6.07) is -0.175. The number of nitrogens with one attached hydrogen (secondary N) is 1. The van der Waals surface area contributed by atoms with E-state index < -0.39 is 6.03 Å². The molecule has 0 aromatic carbocycles. The minimum atomic E-state index is -0.768. The van der Waals surface area contributed by atoms with Crippen LogP contribution in [0.3, 0.4) is 0 Å². The minimum absolute atomic E-state index is 0.284. The van der Waals surface area contributed by atoms with E-state index in [0.717, 1.165) is 19.5 Å². The summed E-state index contributed by atoms with van der Waals surface area (Å²) in [6.07, 6.45) is 5.17.